The summed E-state index contributed by atoms with van der Waals surface area (Å²) in [6.07, 6.45) is 1.95. The first-order valence-electron chi connectivity index (χ1n) is 8.52. The first kappa shape index (κ1) is 19.7. The van der Waals surface area contributed by atoms with Crippen LogP contribution in [-0.4, -0.2) is 58.1 Å². The molecule has 0 aliphatic carbocycles. The van der Waals surface area contributed by atoms with Crippen LogP contribution in [0.15, 0.2) is 23.1 Å². The van der Waals surface area contributed by atoms with Crippen molar-refractivity contribution < 1.29 is 22.7 Å². The number of ether oxygens (including phenoxy) is 2. The molecule has 1 aliphatic heterocycles. The molecule has 0 unspecified atom stereocenters. The Morgan fingerprint density at radius 3 is 2.64 bits per heavy atom. The molecule has 140 valence electrons. The summed E-state index contributed by atoms with van der Waals surface area (Å²) < 4.78 is 37.6. The van der Waals surface area contributed by atoms with Crippen molar-refractivity contribution in [3.05, 3.63) is 23.8 Å². The number of nitrogens with zero attached hydrogens (tertiary/aromatic N) is 1. The van der Waals surface area contributed by atoms with Crippen molar-refractivity contribution in [2.45, 2.75) is 37.7 Å². The number of hydrogen-bond acceptors (Lipinski definition) is 5. The molecule has 7 nitrogen and oxygen atoms in total. The quantitative estimate of drug-likeness (QED) is 0.752. The maximum absolute atomic E-state index is 12.8. The third kappa shape index (κ3) is 4.50. The minimum atomic E-state index is -3.73. The van der Waals surface area contributed by atoms with E-state index in [1.54, 1.807) is 19.9 Å². The van der Waals surface area contributed by atoms with Crippen LogP contribution in [0.1, 0.15) is 37.0 Å². The molecular formula is C17H26N2O5S. The van der Waals surface area contributed by atoms with E-state index in [4.69, 9.17) is 9.47 Å². The van der Waals surface area contributed by atoms with E-state index in [1.165, 1.54) is 23.5 Å². The first-order valence-corrected chi connectivity index (χ1v) is 9.96. The van der Waals surface area contributed by atoms with E-state index in [1.807, 2.05) is 0 Å². The zero-order valence-electron chi connectivity index (χ0n) is 14.9. The number of nitrogens with one attached hydrogen (secondary N) is 1. The van der Waals surface area contributed by atoms with Crippen molar-refractivity contribution in [2.24, 2.45) is 0 Å². The SMILES string of the molecule is CCN(CC)S(=O)(=O)c1cc(C(=O)NC[C@H]2CCCO2)ccc1OC. The van der Waals surface area contributed by atoms with Crippen molar-refractivity contribution in [1.82, 2.24) is 9.62 Å². The van der Waals surface area contributed by atoms with Gasteiger partial charge in [0.1, 0.15) is 10.6 Å². The van der Waals surface area contributed by atoms with Crippen LogP contribution in [0.25, 0.3) is 0 Å². The van der Waals surface area contributed by atoms with Crippen LogP contribution in [0.5, 0.6) is 5.75 Å². The number of methoxy groups -OCH3 is 1. The zero-order valence-corrected chi connectivity index (χ0v) is 15.8. The lowest BCUT2D eigenvalue weighted by Crippen LogP contribution is -2.33. The van der Waals surface area contributed by atoms with E-state index < -0.39 is 10.0 Å². The van der Waals surface area contributed by atoms with Crippen LogP contribution < -0.4 is 10.1 Å². The van der Waals surface area contributed by atoms with Crippen molar-refractivity contribution in [1.29, 1.82) is 0 Å². The van der Waals surface area contributed by atoms with Crippen LogP contribution in [0, 0.1) is 0 Å². The molecule has 0 aromatic heterocycles. The van der Waals surface area contributed by atoms with E-state index in [0.717, 1.165) is 19.4 Å². The van der Waals surface area contributed by atoms with Gasteiger partial charge in [0.15, 0.2) is 0 Å². The summed E-state index contributed by atoms with van der Waals surface area (Å²) in [5.41, 5.74) is 0.282. The summed E-state index contributed by atoms with van der Waals surface area (Å²) >= 11 is 0. The molecule has 1 atom stereocenters. The fourth-order valence-electron chi connectivity index (χ4n) is 2.84. The van der Waals surface area contributed by atoms with Crippen LogP contribution in [0.3, 0.4) is 0 Å². The van der Waals surface area contributed by atoms with E-state index in [-0.39, 0.29) is 28.2 Å². The fourth-order valence-corrected chi connectivity index (χ4v) is 4.48. The van der Waals surface area contributed by atoms with Crippen molar-refractivity contribution in [3.8, 4) is 5.75 Å². The van der Waals surface area contributed by atoms with Gasteiger partial charge in [-0.25, -0.2) is 8.42 Å². The van der Waals surface area contributed by atoms with Gasteiger partial charge < -0.3 is 14.8 Å². The standard InChI is InChI=1S/C17H26N2O5S/c1-4-19(5-2)25(21,22)16-11-13(8-9-15(16)23-3)17(20)18-12-14-7-6-10-24-14/h8-9,11,14H,4-7,10,12H2,1-3H3,(H,18,20)/t14-/m1/s1. The van der Waals surface area contributed by atoms with Gasteiger partial charge in [-0.1, -0.05) is 13.8 Å². The predicted molar refractivity (Wildman–Crippen MR) is 94.4 cm³/mol. The van der Waals surface area contributed by atoms with Gasteiger partial charge in [0, 0.05) is 31.8 Å². The molecular weight excluding hydrogens is 344 g/mol. The molecule has 8 heteroatoms. The minimum Gasteiger partial charge on any atom is -0.495 e. The molecule has 0 saturated carbocycles. The Labute approximate surface area is 149 Å². The van der Waals surface area contributed by atoms with Gasteiger partial charge in [-0.15, -0.1) is 0 Å². The summed E-state index contributed by atoms with van der Waals surface area (Å²) in [5, 5.41) is 2.80. The Balaban J connectivity index is 2.25. The predicted octanol–water partition coefficient (Wildman–Crippen LogP) is 1.63. The Kier molecular flexibility index (Phi) is 6.80. The third-order valence-corrected chi connectivity index (χ3v) is 6.33. The highest BCUT2D eigenvalue weighted by Crippen LogP contribution is 2.28. The highest BCUT2D eigenvalue weighted by molar-refractivity contribution is 7.89. The first-order chi connectivity index (χ1) is 11.9. The van der Waals surface area contributed by atoms with E-state index in [0.29, 0.717) is 19.6 Å². The Morgan fingerprint density at radius 1 is 1.36 bits per heavy atom. The monoisotopic (exact) mass is 370 g/mol. The second-order valence-electron chi connectivity index (χ2n) is 5.80. The highest BCUT2D eigenvalue weighted by atomic mass is 32.2. The van der Waals surface area contributed by atoms with E-state index in [2.05, 4.69) is 5.32 Å². The summed E-state index contributed by atoms with van der Waals surface area (Å²) in [4.78, 5) is 12.4. The van der Waals surface area contributed by atoms with Crippen LogP contribution in [-0.2, 0) is 14.8 Å². The van der Waals surface area contributed by atoms with Gasteiger partial charge in [-0.2, -0.15) is 4.31 Å². The summed E-state index contributed by atoms with van der Waals surface area (Å²) in [6, 6.07) is 4.44. The molecule has 1 fully saturated rings. The van der Waals surface area contributed by atoms with Gasteiger partial charge in [0.2, 0.25) is 10.0 Å². The summed E-state index contributed by atoms with van der Waals surface area (Å²) in [5.74, 6) is -0.100. The third-order valence-electron chi connectivity index (χ3n) is 4.26. The maximum atomic E-state index is 12.8. The van der Waals surface area contributed by atoms with Crippen LogP contribution in [0.4, 0.5) is 0 Å². The number of amides is 1. The second-order valence-corrected chi connectivity index (χ2v) is 7.71. The van der Waals surface area contributed by atoms with Gasteiger partial charge >= 0.3 is 0 Å². The van der Waals surface area contributed by atoms with E-state index in [9.17, 15) is 13.2 Å². The largest absolute Gasteiger partial charge is 0.495 e. The van der Waals surface area contributed by atoms with Crippen molar-refractivity contribution in [3.63, 3.8) is 0 Å². The van der Waals surface area contributed by atoms with Crippen LogP contribution >= 0.6 is 0 Å². The second kappa shape index (κ2) is 8.64. The molecule has 2 rings (SSSR count). The molecule has 1 N–H and O–H groups in total. The lowest BCUT2D eigenvalue weighted by atomic mass is 10.2. The molecule has 1 heterocycles. The Hall–Kier alpha value is -1.64. The summed E-state index contributed by atoms with van der Waals surface area (Å²) in [6.45, 7) is 5.37. The van der Waals surface area contributed by atoms with Gasteiger partial charge in [0.25, 0.3) is 5.91 Å². The molecule has 0 radical (unpaired) electrons. The number of benzene rings is 1. The lowest BCUT2D eigenvalue weighted by Gasteiger charge is -2.20. The number of carbonyl (C=O) groups is 1. The molecule has 0 bridgehead atoms. The zero-order chi connectivity index (χ0) is 18.4. The molecule has 25 heavy (non-hydrogen) atoms. The van der Waals surface area contributed by atoms with Crippen molar-refractivity contribution in [2.75, 3.05) is 33.4 Å². The lowest BCUT2D eigenvalue weighted by molar-refractivity contribution is 0.0857. The van der Waals surface area contributed by atoms with Gasteiger partial charge in [-0.3, -0.25) is 4.79 Å². The number of carbonyl (C=O) groups excluding carboxylic acids is 1. The van der Waals surface area contributed by atoms with Gasteiger partial charge in [-0.05, 0) is 31.0 Å². The normalized spacial score (nSPS) is 17.7. The number of rotatable bonds is 8. The highest BCUT2D eigenvalue weighted by Gasteiger charge is 2.27. The smallest absolute Gasteiger partial charge is 0.251 e. The molecule has 1 aromatic carbocycles. The average Bonchev–Trinajstić information content (AvgIpc) is 3.13. The average molecular weight is 370 g/mol. The van der Waals surface area contributed by atoms with Gasteiger partial charge in [0.05, 0.1) is 13.2 Å². The fraction of sp³-hybridized carbons (Fsp3) is 0.588. The molecule has 1 aliphatic rings. The topological polar surface area (TPSA) is 84.9 Å². The molecule has 1 saturated heterocycles. The molecule has 1 aromatic rings. The Morgan fingerprint density at radius 2 is 2.08 bits per heavy atom. The maximum Gasteiger partial charge on any atom is 0.251 e. The molecule has 1 amide bonds. The minimum absolute atomic E-state index is 0.00321. The molecule has 0 spiro atoms. The van der Waals surface area contributed by atoms with E-state index >= 15 is 0 Å². The number of hydrogen-bond donors (Lipinski definition) is 1. The van der Waals surface area contributed by atoms with Crippen LogP contribution in [0.2, 0.25) is 0 Å². The Bertz CT molecular complexity index is 695. The van der Waals surface area contributed by atoms with Crippen molar-refractivity contribution >= 4 is 15.9 Å². The summed E-state index contributed by atoms with van der Waals surface area (Å²) in [7, 11) is -2.32. The number of sulfonamides is 1.